The van der Waals surface area contributed by atoms with Crippen LogP contribution in [-0.2, 0) is 7.05 Å². The van der Waals surface area contributed by atoms with Crippen LogP contribution in [-0.4, -0.2) is 30.9 Å². The van der Waals surface area contributed by atoms with Gasteiger partial charge in [-0.05, 0) is 50.2 Å². The van der Waals surface area contributed by atoms with E-state index in [1.165, 1.54) is 10.2 Å². The third-order valence-corrected chi connectivity index (χ3v) is 4.41. The first kappa shape index (κ1) is 20.0. The molecule has 2 heterocycles. The van der Waals surface area contributed by atoms with Gasteiger partial charge in [-0.25, -0.2) is 4.98 Å². The molecule has 0 aliphatic rings. The molecule has 0 spiro atoms. The molecular weight excluding hydrogens is 392 g/mol. The first-order chi connectivity index (χ1) is 14.9. The number of aromatic nitrogens is 5. The van der Waals surface area contributed by atoms with E-state index < -0.39 is 0 Å². The summed E-state index contributed by atoms with van der Waals surface area (Å²) in [5.41, 5.74) is 4.69. The van der Waals surface area contributed by atoms with E-state index >= 15 is 0 Å². The van der Waals surface area contributed by atoms with Gasteiger partial charge in [0.05, 0.1) is 6.20 Å². The summed E-state index contributed by atoms with van der Waals surface area (Å²) in [6.45, 7) is 3.96. The van der Waals surface area contributed by atoms with Gasteiger partial charge in [0.1, 0.15) is 5.82 Å². The Labute approximate surface area is 179 Å². The van der Waals surface area contributed by atoms with E-state index in [4.69, 9.17) is 0 Å². The van der Waals surface area contributed by atoms with Crippen LogP contribution in [0.2, 0.25) is 0 Å². The van der Waals surface area contributed by atoms with Gasteiger partial charge in [0.2, 0.25) is 5.95 Å². The maximum absolute atomic E-state index is 12.2. The van der Waals surface area contributed by atoms with Gasteiger partial charge in [-0.1, -0.05) is 22.9 Å². The van der Waals surface area contributed by atoms with Gasteiger partial charge >= 0.3 is 0 Å². The third-order valence-electron chi connectivity index (χ3n) is 4.41. The van der Waals surface area contributed by atoms with Gasteiger partial charge in [0, 0.05) is 35.9 Å². The smallest absolute Gasteiger partial charge is 0.277 e. The zero-order valence-electron chi connectivity index (χ0n) is 17.4. The maximum atomic E-state index is 12.2. The van der Waals surface area contributed by atoms with Crippen LogP contribution in [0.5, 0.6) is 0 Å². The molecule has 1 amide bonds. The van der Waals surface area contributed by atoms with E-state index in [0.29, 0.717) is 17.5 Å². The second-order valence-electron chi connectivity index (χ2n) is 7.14. The van der Waals surface area contributed by atoms with E-state index in [2.05, 4.69) is 36.2 Å². The predicted molar refractivity (Wildman–Crippen MR) is 120 cm³/mol. The van der Waals surface area contributed by atoms with Crippen molar-refractivity contribution in [3.8, 4) is 0 Å². The lowest BCUT2D eigenvalue weighted by atomic mass is 10.2. The summed E-state index contributed by atoms with van der Waals surface area (Å²) in [4.78, 5) is 21.2. The van der Waals surface area contributed by atoms with Crippen LogP contribution in [0.4, 0.5) is 28.8 Å². The summed E-state index contributed by atoms with van der Waals surface area (Å²) in [6.07, 6.45) is 1.56. The molecule has 0 fully saturated rings. The zero-order chi connectivity index (χ0) is 21.8. The molecule has 0 aliphatic heterocycles. The number of nitrogens with one attached hydrogen (secondary N) is 3. The first-order valence-electron chi connectivity index (χ1n) is 9.69. The van der Waals surface area contributed by atoms with Crippen molar-refractivity contribution < 1.29 is 4.79 Å². The molecule has 0 saturated heterocycles. The van der Waals surface area contributed by atoms with Crippen molar-refractivity contribution in [3.05, 3.63) is 77.7 Å². The Morgan fingerprint density at radius 3 is 2.19 bits per heavy atom. The summed E-state index contributed by atoms with van der Waals surface area (Å²) in [5.74, 6) is 0.861. The van der Waals surface area contributed by atoms with Gasteiger partial charge in [0.15, 0.2) is 5.69 Å². The van der Waals surface area contributed by atoms with Gasteiger partial charge in [-0.3, -0.25) is 9.48 Å². The van der Waals surface area contributed by atoms with Crippen LogP contribution in [0.3, 0.4) is 0 Å². The second-order valence-corrected chi connectivity index (χ2v) is 7.14. The Bertz CT molecular complexity index is 1200. The van der Waals surface area contributed by atoms with Crippen LogP contribution in [0.1, 0.15) is 21.7 Å². The van der Waals surface area contributed by atoms with Crippen molar-refractivity contribution in [2.24, 2.45) is 7.05 Å². The third kappa shape index (κ3) is 5.21. The minimum absolute atomic E-state index is 0.256. The van der Waals surface area contributed by atoms with Crippen LogP contribution in [0, 0.1) is 13.8 Å². The molecule has 9 nitrogen and oxygen atoms in total. The fourth-order valence-corrected chi connectivity index (χ4v) is 2.89. The summed E-state index contributed by atoms with van der Waals surface area (Å²) in [5, 5.41) is 16.8. The van der Waals surface area contributed by atoms with Gasteiger partial charge < -0.3 is 16.0 Å². The maximum Gasteiger partial charge on any atom is 0.277 e. The van der Waals surface area contributed by atoms with Crippen LogP contribution in [0.25, 0.3) is 0 Å². The van der Waals surface area contributed by atoms with E-state index in [1.54, 1.807) is 25.4 Å². The van der Waals surface area contributed by atoms with Crippen LogP contribution in [0.15, 0.2) is 60.8 Å². The van der Waals surface area contributed by atoms with Gasteiger partial charge in [0.25, 0.3) is 5.91 Å². The number of nitrogens with zero attached hydrogens (tertiary/aromatic N) is 5. The number of rotatable bonds is 6. The Hall–Kier alpha value is -4.27. The minimum atomic E-state index is -0.317. The van der Waals surface area contributed by atoms with E-state index in [0.717, 1.165) is 17.1 Å². The SMILES string of the molecule is Cc1ccc(Nc2cc(C)nc(Nc3ccc(NC(=O)c4cn(C)nn4)cc3)n2)cc1. The van der Waals surface area contributed by atoms with Crippen molar-refractivity contribution in [3.63, 3.8) is 0 Å². The second kappa shape index (κ2) is 8.62. The number of amides is 1. The van der Waals surface area contributed by atoms with Gasteiger partial charge in [-0.2, -0.15) is 4.98 Å². The molecule has 3 N–H and O–H groups in total. The largest absolute Gasteiger partial charge is 0.340 e. The van der Waals surface area contributed by atoms with Crippen LogP contribution < -0.4 is 16.0 Å². The highest BCUT2D eigenvalue weighted by Crippen LogP contribution is 2.21. The highest BCUT2D eigenvalue weighted by atomic mass is 16.2. The standard InChI is InChI=1S/C22H22N8O/c1-14-4-6-16(7-5-14)24-20-12-15(2)23-22(27-20)26-18-10-8-17(9-11-18)25-21(31)19-13-30(3)29-28-19/h4-13H,1-3H3,(H,25,31)(H2,23,24,26,27). The Morgan fingerprint density at radius 1 is 0.871 bits per heavy atom. The monoisotopic (exact) mass is 414 g/mol. The fourth-order valence-electron chi connectivity index (χ4n) is 2.89. The quantitative estimate of drug-likeness (QED) is 0.438. The number of benzene rings is 2. The number of aryl methyl sites for hydroxylation is 3. The molecule has 2 aromatic heterocycles. The number of carbonyl (C=O) groups is 1. The highest BCUT2D eigenvalue weighted by Gasteiger charge is 2.10. The molecule has 0 unspecified atom stereocenters. The number of hydrogen-bond acceptors (Lipinski definition) is 7. The summed E-state index contributed by atoms with van der Waals surface area (Å²) in [7, 11) is 1.71. The van der Waals surface area contributed by atoms with Crippen molar-refractivity contribution in [1.29, 1.82) is 0 Å². The van der Waals surface area contributed by atoms with E-state index in [-0.39, 0.29) is 11.6 Å². The lowest BCUT2D eigenvalue weighted by Crippen LogP contribution is -2.12. The Balaban J connectivity index is 1.43. The molecule has 9 heteroatoms. The molecule has 4 aromatic rings. The molecule has 156 valence electrons. The summed E-state index contributed by atoms with van der Waals surface area (Å²) >= 11 is 0. The molecule has 0 atom stereocenters. The molecule has 0 bridgehead atoms. The first-order valence-corrected chi connectivity index (χ1v) is 9.69. The Morgan fingerprint density at radius 2 is 1.52 bits per heavy atom. The normalized spacial score (nSPS) is 10.5. The molecule has 0 radical (unpaired) electrons. The summed E-state index contributed by atoms with van der Waals surface area (Å²) < 4.78 is 1.48. The van der Waals surface area contributed by atoms with Crippen LogP contribution >= 0.6 is 0 Å². The lowest BCUT2D eigenvalue weighted by molar-refractivity contribution is 0.102. The van der Waals surface area contributed by atoms with E-state index in [1.807, 2.05) is 56.3 Å². The highest BCUT2D eigenvalue weighted by molar-refractivity contribution is 6.02. The Kier molecular flexibility index (Phi) is 5.57. The average molecular weight is 414 g/mol. The fraction of sp³-hybridized carbons (Fsp3) is 0.136. The lowest BCUT2D eigenvalue weighted by Gasteiger charge is -2.11. The van der Waals surface area contributed by atoms with Crippen molar-refractivity contribution in [2.75, 3.05) is 16.0 Å². The van der Waals surface area contributed by atoms with Crippen molar-refractivity contribution in [1.82, 2.24) is 25.0 Å². The van der Waals surface area contributed by atoms with E-state index in [9.17, 15) is 4.79 Å². The van der Waals surface area contributed by atoms with Gasteiger partial charge in [-0.15, -0.1) is 5.10 Å². The number of hydrogen-bond donors (Lipinski definition) is 3. The number of carbonyl (C=O) groups excluding carboxylic acids is 1. The number of anilines is 5. The molecular formula is C22H22N8O. The summed E-state index contributed by atoms with van der Waals surface area (Å²) in [6, 6.07) is 17.2. The molecule has 4 rings (SSSR count). The molecule has 0 saturated carbocycles. The average Bonchev–Trinajstić information content (AvgIpc) is 3.17. The molecule has 0 aliphatic carbocycles. The predicted octanol–water partition coefficient (Wildman–Crippen LogP) is 3.96. The van der Waals surface area contributed by atoms with Crippen molar-refractivity contribution in [2.45, 2.75) is 13.8 Å². The minimum Gasteiger partial charge on any atom is -0.340 e. The van der Waals surface area contributed by atoms with Crippen molar-refractivity contribution >= 4 is 34.7 Å². The molecule has 2 aromatic carbocycles. The zero-order valence-corrected chi connectivity index (χ0v) is 17.4. The molecule has 31 heavy (non-hydrogen) atoms. The topological polar surface area (TPSA) is 110 Å².